The summed E-state index contributed by atoms with van der Waals surface area (Å²) in [7, 11) is 0. The van der Waals surface area contributed by atoms with Gasteiger partial charge >= 0.3 is 18.3 Å². The fourth-order valence-electron chi connectivity index (χ4n) is 3.03. The highest BCUT2D eigenvalue weighted by Gasteiger charge is 2.31. The number of nitrogens with zero attached hydrogens (tertiary/aromatic N) is 2. The average Bonchev–Trinajstić information content (AvgIpc) is 3.07. The third-order valence-electron chi connectivity index (χ3n) is 4.43. The van der Waals surface area contributed by atoms with E-state index in [2.05, 4.69) is 15.0 Å². The molecule has 3 N–H and O–H groups in total. The Morgan fingerprint density at radius 2 is 1.74 bits per heavy atom. The fourth-order valence-corrected chi connectivity index (χ4v) is 3.03. The van der Waals surface area contributed by atoms with Crippen molar-refractivity contribution in [3.8, 4) is 5.75 Å². The van der Waals surface area contributed by atoms with Gasteiger partial charge in [0.15, 0.2) is 0 Å². The van der Waals surface area contributed by atoms with Crippen molar-refractivity contribution in [1.29, 1.82) is 0 Å². The van der Waals surface area contributed by atoms with Crippen LogP contribution in [-0.4, -0.2) is 50.1 Å². The number of carboxylic acids is 2. The van der Waals surface area contributed by atoms with Crippen molar-refractivity contribution in [2.24, 2.45) is 5.92 Å². The first-order valence-electron chi connectivity index (χ1n) is 9.50. The Balaban J connectivity index is 2.10. The molecule has 0 saturated carbocycles. The number of benzene rings is 1. The van der Waals surface area contributed by atoms with Gasteiger partial charge in [-0.15, -0.1) is 13.2 Å². The summed E-state index contributed by atoms with van der Waals surface area (Å²) in [6.07, 6.45) is -1.59. The Kier molecular flexibility index (Phi) is 8.03. The normalized spacial score (nSPS) is 13.7. The molecule has 0 radical (unpaired) electrons. The topological polar surface area (TPSA) is 114 Å². The third-order valence-corrected chi connectivity index (χ3v) is 4.43. The van der Waals surface area contributed by atoms with Crippen molar-refractivity contribution in [2.45, 2.75) is 51.7 Å². The molecule has 1 aromatic heterocycles. The van der Waals surface area contributed by atoms with Crippen LogP contribution in [0.1, 0.15) is 31.5 Å². The number of carbonyl (C=O) groups is 2. The quantitative estimate of drug-likeness (QED) is 0.489. The number of imidazole rings is 1. The number of aromatic nitrogens is 2. The lowest BCUT2D eigenvalue weighted by Crippen LogP contribution is -2.49. The maximum absolute atomic E-state index is 12.3. The van der Waals surface area contributed by atoms with E-state index in [9.17, 15) is 33.0 Å². The van der Waals surface area contributed by atoms with Crippen LogP contribution < -0.4 is 10.1 Å². The van der Waals surface area contributed by atoms with Gasteiger partial charge in [0.25, 0.3) is 0 Å². The highest BCUT2D eigenvalue weighted by Crippen LogP contribution is 2.23. The van der Waals surface area contributed by atoms with Crippen molar-refractivity contribution < 1.29 is 37.7 Å². The van der Waals surface area contributed by atoms with Crippen molar-refractivity contribution in [1.82, 2.24) is 14.9 Å². The monoisotopic (exact) mass is 443 g/mol. The molecule has 1 unspecified atom stereocenters. The van der Waals surface area contributed by atoms with Crippen LogP contribution in [0.2, 0.25) is 0 Å². The molecule has 0 aliphatic rings. The van der Waals surface area contributed by atoms with E-state index in [0.29, 0.717) is 11.3 Å². The lowest BCUT2D eigenvalue weighted by molar-refractivity contribution is -0.274. The van der Waals surface area contributed by atoms with E-state index in [4.69, 9.17) is 0 Å². The Morgan fingerprint density at radius 3 is 2.26 bits per heavy atom. The van der Waals surface area contributed by atoms with Gasteiger partial charge in [-0.3, -0.25) is 14.9 Å². The summed E-state index contributed by atoms with van der Waals surface area (Å²) >= 11 is 0. The zero-order valence-electron chi connectivity index (χ0n) is 17.0. The lowest BCUT2D eigenvalue weighted by Gasteiger charge is -2.22. The van der Waals surface area contributed by atoms with E-state index < -0.39 is 30.4 Å². The largest absolute Gasteiger partial charge is 0.573 e. The molecule has 0 fully saturated rings. The van der Waals surface area contributed by atoms with Crippen molar-refractivity contribution in [3.05, 3.63) is 48.0 Å². The van der Waals surface area contributed by atoms with Gasteiger partial charge in [0.05, 0.1) is 6.33 Å². The smallest absolute Gasteiger partial charge is 0.480 e. The summed E-state index contributed by atoms with van der Waals surface area (Å²) in [4.78, 5) is 27.2. The van der Waals surface area contributed by atoms with E-state index in [0.717, 1.165) is 0 Å². The van der Waals surface area contributed by atoms with Gasteiger partial charge in [0, 0.05) is 24.9 Å². The van der Waals surface area contributed by atoms with Crippen LogP contribution in [0.5, 0.6) is 5.75 Å². The first-order chi connectivity index (χ1) is 14.4. The molecule has 2 atom stereocenters. The third kappa shape index (κ3) is 7.93. The Morgan fingerprint density at radius 1 is 1.13 bits per heavy atom. The molecular weight excluding hydrogens is 419 g/mol. The summed E-state index contributed by atoms with van der Waals surface area (Å²) in [5.74, 6) is -2.62. The molecule has 1 aromatic carbocycles. The molecule has 1 heterocycles. The molecule has 0 amide bonds. The summed E-state index contributed by atoms with van der Waals surface area (Å²) in [6.45, 7) is 3.92. The number of halogens is 3. The Bertz CT molecular complexity index is 881. The van der Waals surface area contributed by atoms with Gasteiger partial charge in [-0.1, -0.05) is 26.0 Å². The molecule has 0 bridgehead atoms. The second-order valence-electron chi connectivity index (χ2n) is 7.49. The molecule has 0 aliphatic carbocycles. The van der Waals surface area contributed by atoms with Crippen LogP contribution in [0.3, 0.4) is 0 Å². The first kappa shape index (κ1) is 24.2. The van der Waals surface area contributed by atoms with Crippen LogP contribution in [0.4, 0.5) is 13.2 Å². The predicted octanol–water partition coefficient (Wildman–Crippen LogP) is 2.91. The van der Waals surface area contributed by atoms with E-state index in [-0.39, 0.29) is 31.1 Å². The average molecular weight is 443 g/mol. The number of carboxylic acid groups (broad SMARTS) is 2. The summed E-state index contributed by atoms with van der Waals surface area (Å²) in [5, 5.41) is 21.6. The van der Waals surface area contributed by atoms with E-state index >= 15 is 0 Å². The molecule has 0 saturated heterocycles. The zero-order valence-corrected chi connectivity index (χ0v) is 17.0. The maximum Gasteiger partial charge on any atom is 0.573 e. The molecule has 0 aliphatic heterocycles. The van der Waals surface area contributed by atoms with Gasteiger partial charge in [0.1, 0.15) is 17.8 Å². The Labute approximate surface area is 176 Å². The minimum atomic E-state index is -4.78. The second kappa shape index (κ2) is 10.3. The van der Waals surface area contributed by atoms with Crippen LogP contribution in [0.15, 0.2) is 36.8 Å². The fraction of sp³-hybridized carbons (Fsp3) is 0.450. The summed E-state index contributed by atoms with van der Waals surface area (Å²) in [5.41, 5.74) is 1.18. The molecule has 11 heteroatoms. The number of nitrogens with one attached hydrogen (secondary N) is 1. The predicted molar refractivity (Wildman–Crippen MR) is 104 cm³/mol. The molecule has 0 spiro atoms. The second-order valence-corrected chi connectivity index (χ2v) is 7.49. The van der Waals surface area contributed by atoms with Crippen LogP contribution in [-0.2, 0) is 22.6 Å². The van der Waals surface area contributed by atoms with Crippen molar-refractivity contribution in [2.75, 3.05) is 0 Å². The van der Waals surface area contributed by atoms with Gasteiger partial charge < -0.3 is 19.5 Å². The number of alkyl halides is 3. The van der Waals surface area contributed by atoms with E-state index in [1.165, 1.54) is 36.8 Å². The van der Waals surface area contributed by atoms with Crippen molar-refractivity contribution in [3.63, 3.8) is 0 Å². The van der Waals surface area contributed by atoms with E-state index in [1.54, 1.807) is 4.57 Å². The molecule has 8 nitrogen and oxygen atoms in total. The molecule has 2 rings (SSSR count). The van der Waals surface area contributed by atoms with Crippen LogP contribution >= 0.6 is 0 Å². The lowest BCUT2D eigenvalue weighted by atomic mass is 10.0. The van der Waals surface area contributed by atoms with Crippen LogP contribution in [0, 0.1) is 5.92 Å². The Hall–Kier alpha value is -3.08. The number of ether oxygens (including phenoxy) is 1. The van der Waals surface area contributed by atoms with Gasteiger partial charge in [0.2, 0.25) is 0 Å². The minimum absolute atomic E-state index is 0.0214. The van der Waals surface area contributed by atoms with Gasteiger partial charge in [-0.2, -0.15) is 0 Å². The summed E-state index contributed by atoms with van der Waals surface area (Å²) in [6, 6.07) is 3.12. The number of hydrogen-bond donors (Lipinski definition) is 3. The number of rotatable bonds is 11. The summed E-state index contributed by atoms with van der Waals surface area (Å²) < 4.78 is 42.3. The van der Waals surface area contributed by atoms with Crippen LogP contribution in [0.25, 0.3) is 0 Å². The zero-order chi connectivity index (χ0) is 23.2. The highest BCUT2D eigenvalue weighted by atomic mass is 19.4. The van der Waals surface area contributed by atoms with Gasteiger partial charge in [-0.25, -0.2) is 4.98 Å². The maximum atomic E-state index is 12.3. The highest BCUT2D eigenvalue weighted by molar-refractivity contribution is 5.77. The number of hydrogen-bond acceptors (Lipinski definition) is 5. The molecule has 170 valence electrons. The molecular formula is C20H24F3N3O5. The molecule has 2 aromatic rings. The number of aliphatic carboxylic acids is 2. The SMILES string of the molecule is CC(C)CC(N[C@@H](Cc1cncn1Cc1ccc(OC(F)(F)F)cc1)C(=O)O)C(=O)O. The van der Waals surface area contributed by atoms with Gasteiger partial charge in [-0.05, 0) is 30.0 Å². The standard InChI is InChI=1S/C20H24F3N3O5/c1-12(2)7-16(18(27)28)25-17(19(29)30)8-14-9-24-11-26(14)10-13-3-5-15(6-4-13)31-20(21,22)23/h3-6,9,11-12,16-17,25H,7-8,10H2,1-2H3,(H,27,28)(H,29,30)/t16?,17-/m0/s1. The van der Waals surface area contributed by atoms with Crippen molar-refractivity contribution >= 4 is 11.9 Å². The first-order valence-corrected chi connectivity index (χ1v) is 9.50. The van der Waals surface area contributed by atoms with E-state index in [1.807, 2.05) is 13.8 Å². The molecule has 31 heavy (non-hydrogen) atoms. The minimum Gasteiger partial charge on any atom is -0.480 e.